The van der Waals surface area contributed by atoms with Gasteiger partial charge >= 0.3 is 0 Å². The summed E-state index contributed by atoms with van der Waals surface area (Å²) in [6, 6.07) is 0. The highest BCUT2D eigenvalue weighted by Crippen LogP contribution is 2.17. The summed E-state index contributed by atoms with van der Waals surface area (Å²) in [6.07, 6.45) is 0. The van der Waals surface area contributed by atoms with Crippen LogP contribution in [0.4, 0.5) is 0 Å². The van der Waals surface area contributed by atoms with Crippen LogP contribution in [0.3, 0.4) is 0 Å². The van der Waals surface area contributed by atoms with Crippen molar-refractivity contribution in [3.63, 3.8) is 0 Å². The second-order valence-corrected chi connectivity index (χ2v) is 3.00. The summed E-state index contributed by atoms with van der Waals surface area (Å²) in [5, 5.41) is 11.2. The fourth-order valence-electron chi connectivity index (χ4n) is 0.150. The molecule has 0 rings (SSSR count). The number of hydrogen-bond acceptors (Lipinski definition) is 2. The van der Waals surface area contributed by atoms with Crippen molar-refractivity contribution in [3.05, 3.63) is 0 Å². The van der Waals surface area contributed by atoms with Crippen molar-refractivity contribution in [3.8, 4) is 0 Å². The minimum atomic E-state index is -0.226. The Hall–Kier alpha value is -0.240. The van der Waals surface area contributed by atoms with E-state index in [1.54, 1.807) is 0 Å². The fraction of sp³-hybridized carbons (Fsp3) is 0.800. The Morgan fingerprint density at radius 2 is 1.88 bits per heavy atom. The van der Waals surface area contributed by atoms with Crippen LogP contribution >= 0.6 is 11.6 Å². The van der Waals surface area contributed by atoms with E-state index >= 15 is 0 Å². The molecule has 0 saturated carbocycles. The third kappa shape index (κ3) is 2.17. The van der Waals surface area contributed by atoms with Crippen LogP contribution in [0.25, 0.3) is 0 Å². The minimum Gasteiger partial charge on any atom is -0.410 e. The van der Waals surface area contributed by atoms with Gasteiger partial charge in [-0.2, -0.15) is 0 Å². The zero-order valence-corrected chi connectivity index (χ0v) is 6.03. The van der Waals surface area contributed by atoms with Crippen LogP contribution in [0.15, 0.2) is 5.16 Å². The summed E-state index contributed by atoms with van der Waals surface area (Å²) in [7, 11) is 0. The van der Waals surface area contributed by atoms with E-state index in [2.05, 4.69) is 5.16 Å². The molecule has 0 bridgehead atoms. The van der Waals surface area contributed by atoms with Gasteiger partial charge in [0.1, 0.15) is 0 Å². The van der Waals surface area contributed by atoms with Gasteiger partial charge in [0.25, 0.3) is 0 Å². The lowest BCUT2D eigenvalue weighted by Gasteiger charge is -2.12. The maximum atomic E-state index is 8.13. The second-order valence-electron chi connectivity index (χ2n) is 2.64. The minimum absolute atomic E-state index is 0.226. The molecule has 8 heavy (non-hydrogen) atoms. The number of oxime groups is 1. The fourth-order valence-corrected chi connectivity index (χ4v) is 0.150. The molecule has 0 atom stereocenters. The summed E-state index contributed by atoms with van der Waals surface area (Å²) in [5.41, 5.74) is -0.226. The molecule has 0 radical (unpaired) electrons. The lowest BCUT2D eigenvalue weighted by molar-refractivity contribution is 0.313. The lowest BCUT2D eigenvalue weighted by atomic mass is 9.99. The number of halogens is 1. The van der Waals surface area contributed by atoms with Gasteiger partial charge in [-0.15, -0.1) is 0 Å². The smallest absolute Gasteiger partial charge is 0.150 e. The normalized spacial score (nSPS) is 14.2. The van der Waals surface area contributed by atoms with E-state index in [0.29, 0.717) is 0 Å². The molecule has 0 aromatic rings. The topological polar surface area (TPSA) is 32.6 Å². The van der Waals surface area contributed by atoms with Crippen molar-refractivity contribution in [2.45, 2.75) is 20.8 Å². The van der Waals surface area contributed by atoms with Gasteiger partial charge in [0.2, 0.25) is 0 Å². The standard InChI is InChI=1S/C5H10ClNO/c1-5(2,3)4(6)7-8/h8H,1-3H3/b7-4+. The van der Waals surface area contributed by atoms with Crippen LogP contribution in [-0.4, -0.2) is 10.4 Å². The lowest BCUT2D eigenvalue weighted by Crippen LogP contribution is -2.13. The van der Waals surface area contributed by atoms with Crippen LogP contribution in [0.1, 0.15) is 20.8 Å². The summed E-state index contributed by atoms with van der Waals surface area (Å²) < 4.78 is 0. The van der Waals surface area contributed by atoms with E-state index in [-0.39, 0.29) is 10.6 Å². The van der Waals surface area contributed by atoms with Gasteiger partial charge in [-0.1, -0.05) is 37.5 Å². The zero-order valence-electron chi connectivity index (χ0n) is 5.27. The molecule has 0 unspecified atom stereocenters. The van der Waals surface area contributed by atoms with Gasteiger partial charge < -0.3 is 5.21 Å². The van der Waals surface area contributed by atoms with Gasteiger partial charge in [-0.25, -0.2) is 0 Å². The average Bonchev–Trinajstić information content (AvgIpc) is 1.62. The van der Waals surface area contributed by atoms with E-state index in [1.165, 1.54) is 0 Å². The van der Waals surface area contributed by atoms with Crippen molar-refractivity contribution >= 4 is 16.8 Å². The van der Waals surface area contributed by atoms with Crippen molar-refractivity contribution < 1.29 is 5.21 Å². The van der Waals surface area contributed by atoms with Gasteiger partial charge in [0.15, 0.2) is 5.17 Å². The monoisotopic (exact) mass is 135 g/mol. The molecule has 48 valence electrons. The molecule has 0 aliphatic carbocycles. The molecule has 3 heteroatoms. The zero-order chi connectivity index (χ0) is 6.78. The van der Waals surface area contributed by atoms with E-state index in [4.69, 9.17) is 16.8 Å². The molecule has 0 aromatic carbocycles. The summed E-state index contributed by atoms with van der Waals surface area (Å²) in [4.78, 5) is 0. The molecule has 0 aromatic heterocycles. The predicted molar refractivity (Wildman–Crippen MR) is 34.5 cm³/mol. The third-order valence-electron chi connectivity index (χ3n) is 0.707. The van der Waals surface area contributed by atoms with Crippen molar-refractivity contribution in [1.82, 2.24) is 0 Å². The summed E-state index contributed by atoms with van der Waals surface area (Å²) in [6.45, 7) is 5.61. The third-order valence-corrected chi connectivity index (χ3v) is 1.35. The highest BCUT2D eigenvalue weighted by Gasteiger charge is 2.16. The average molecular weight is 136 g/mol. The first kappa shape index (κ1) is 7.76. The molecule has 0 spiro atoms. The second kappa shape index (κ2) is 2.35. The first-order valence-electron chi connectivity index (χ1n) is 2.36. The first-order valence-corrected chi connectivity index (χ1v) is 2.74. The van der Waals surface area contributed by atoms with Gasteiger partial charge in [-0.05, 0) is 0 Å². The van der Waals surface area contributed by atoms with Crippen molar-refractivity contribution in [2.75, 3.05) is 0 Å². The van der Waals surface area contributed by atoms with E-state index in [1.807, 2.05) is 20.8 Å². The van der Waals surface area contributed by atoms with Crippen LogP contribution in [0.5, 0.6) is 0 Å². The van der Waals surface area contributed by atoms with Gasteiger partial charge in [-0.3, -0.25) is 0 Å². The Bertz CT molecular complexity index is 103. The van der Waals surface area contributed by atoms with E-state index in [9.17, 15) is 0 Å². The van der Waals surface area contributed by atoms with Gasteiger partial charge in [0, 0.05) is 5.41 Å². The molecule has 0 amide bonds. The summed E-state index contributed by atoms with van der Waals surface area (Å²) in [5.74, 6) is 0. The summed E-state index contributed by atoms with van der Waals surface area (Å²) >= 11 is 5.44. The first-order chi connectivity index (χ1) is 3.48. The Morgan fingerprint density at radius 1 is 1.50 bits per heavy atom. The SMILES string of the molecule is CC(C)(C)/C(Cl)=N\O. The van der Waals surface area contributed by atoms with E-state index in [0.717, 1.165) is 0 Å². The molecule has 0 saturated heterocycles. The largest absolute Gasteiger partial charge is 0.410 e. The highest BCUT2D eigenvalue weighted by molar-refractivity contribution is 6.66. The highest BCUT2D eigenvalue weighted by atomic mass is 35.5. The van der Waals surface area contributed by atoms with Gasteiger partial charge in [0.05, 0.1) is 0 Å². The van der Waals surface area contributed by atoms with Crippen LogP contribution in [0, 0.1) is 5.41 Å². The molecular weight excluding hydrogens is 126 g/mol. The van der Waals surface area contributed by atoms with Crippen LogP contribution in [-0.2, 0) is 0 Å². The quantitative estimate of drug-likeness (QED) is 0.308. The van der Waals surface area contributed by atoms with Crippen LogP contribution in [0.2, 0.25) is 0 Å². The maximum absolute atomic E-state index is 8.13. The Labute approximate surface area is 54.1 Å². The Morgan fingerprint density at radius 3 is 1.88 bits per heavy atom. The maximum Gasteiger partial charge on any atom is 0.150 e. The Kier molecular flexibility index (Phi) is 2.28. The number of rotatable bonds is 0. The Balaban J connectivity index is 4.03. The molecule has 0 heterocycles. The molecule has 0 aliphatic rings. The van der Waals surface area contributed by atoms with Crippen molar-refractivity contribution in [2.24, 2.45) is 10.6 Å². The molecule has 0 aliphatic heterocycles. The molecule has 1 N–H and O–H groups in total. The molecular formula is C5H10ClNO. The van der Waals surface area contributed by atoms with E-state index < -0.39 is 0 Å². The number of hydrogen-bond donors (Lipinski definition) is 1. The van der Waals surface area contributed by atoms with Crippen molar-refractivity contribution in [1.29, 1.82) is 0 Å². The van der Waals surface area contributed by atoms with Crippen LogP contribution < -0.4 is 0 Å². The molecule has 0 fully saturated rings. The molecule has 2 nitrogen and oxygen atoms in total. The predicted octanol–water partition coefficient (Wildman–Crippen LogP) is 2.06. The number of nitrogens with zero attached hydrogens (tertiary/aromatic N) is 1.